The minimum Gasteiger partial charge on any atom is -0.495 e. The third-order valence-corrected chi connectivity index (χ3v) is 8.24. The van der Waals surface area contributed by atoms with Crippen molar-refractivity contribution in [2.45, 2.75) is 51.4 Å². The van der Waals surface area contributed by atoms with Gasteiger partial charge in [-0.2, -0.15) is 0 Å². The lowest BCUT2D eigenvalue weighted by molar-refractivity contribution is -0.116. The SMILES string of the molecule is COc1ccccc1NC(=O)C1=C(C)NC2=C(C(=O)C[C@@H](c3ccc(OC)c(OC)c3)C2)[C@H]1c1ccc(C(C)C)cc1. The number of hydrogen-bond donors (Lipinski definition) is 2. The Morgan fingerprint density at radius 3 is 2.19 bits per heavy atom. The first-order valence-corrected chi connectivity index (χ1v) is 14.3. The molecule has 218 valence electrons. The number of carbonyl (C=O) groups is 2. The number of carbonyl (C=O) groups excluding carboxylic acids is 2. The maximum absolute atomic E-state index is 14.1. The Morgan fingerprint density at radius 1 is 0.857 bits per heavy atom. The molecule has 0 saturated carbocycles. The number of para-hydroxylation sites is 2. The molecule has 0 spiro atoms. The minimum absolute atomic E-state index is 0.0246. The summed E-state index contributed by atoms with van der Waals surface area (Å²) in [5.74, 6) is 1.42. The summed E-state index contributed by atoms with van der Waals surface area (Å²) in [6, 6.07) is 21.4. The molecule has 3 aromatic carbocycles. The molecule has 3 aromatic rings. The van der Waals surface area contributed by atoms with Crippen LogP contribution in [-0.4, -0.2) is 33.0 Å². The van der Waals surface area contributed by atoms with E-state index in [0.29, 0.717) is 52.8 Å². The predicted molar refractivity (Wildman–Crippen MR) is 164 cm³/mol. The highest BCUT2D eigenvalue weighted by atomic mass is 16.5. The zero-order chi connectivity index (χ0) is 30.0. The Hall–Kier alpha value is -4.52. The zero-order valence-corrected chi connectivity index (χ0v) is 25.0. The molecule has 0 unspecified atom stereocenters. The van der Waals surface area contributed by atoms with Crippen LogP contribution in [0.15, 0.2) is 89.3 Å². The maximum Gasteiger partial charge on any atom is 0.254 e. The molecule has 0 fully saturated rings. The van der Waals surface area contributed by atoms with Gasteiger partial charge in [-0.15, -0.1) is 0 Å². The third kappa shape index (κ3) is 5.51. The first kappa shape index (κ1) is 29.0. The van der Waals surface area contributed by atoms with Gasteiger partial charge in [-0.3, -0.25) is 9.59 Å². The van der Waals surface area contributed by atoms with E-state index in [9.17, 15) is 9.59 Å². The fourth-order valence-corrected chi connectivity index (χ4v) is 6.03. The lowest BCUT2D eigenvalue weighted by atomic mass is 9.71. The Morgan fingerprint density at radius 2 is 1.52 bits per heavy atom. The van der Waals surface area contributed by atoms with Crippen LogP contribution in [-0.2, 0) is 9.59 Å². The summed E-state index contributed by atoms with van der Waals surface area (Å²) >= 11 is 0. The highest BCUT2D eigenvalue weighted by Gasteiger charge is 2.41. The molecule has 2 atom stereocenters. The molecule has 1 aliphatic heterocycles. The molecule has 1 amide bonds. The smallest absolute Gasteiger partial charge is 0.254 e. The standard InChI is InChI=1S/C35H38N2O5/c1-20(2)22-11-13-23(14-12-22)33-32(35(39)37-26-9-7-8-10-29(26)40-4)21(3)36-27-17-25(18-28(38)34(27)33)24-15-16-30(41-5)31(19-24)42-6/h7-16,19-20,25,33,36H,17-18H2,1-6H3,(H,37,39)/t25-,33-/m0/s1. The van der Waals surface area contributed by atoms with Gasteiger partial charge in [0.05, 0.1) is 27.0 Å². The van der Waals surface area contributed by atoms with Gasteiger partial charge in [0.2, 0.25) is 0 Å². The number of methoxy groups -OCH3 is 3. The highest BCUT2D eigenvalue weighted by Crippen LogP contribution is 2.46. The molecule has 7 nitrogen and oxygen atoms in total. The molecule has 2 aliphatic rings. The van der Waals surface area contributed by atoms with Gasteiger partial charge in [-0.1, -0.05) is 56.3 Å². The van der Waals surface area contributed by atoms with Crippen LogP contribution in [0.1, 0.15) is 68.1 Å². The monoisotopic (exact) mass is 566 g/mol. The van der Waals surface area contributed by atoms with Crippen molar-refractivity contribution < 1.29 is 23.8 Å². The van der Waals surface area contributed by atoms with Crippen molar-refractivity contribution in [1.29, 1.82) is 0 Å². The second-order valence-corrected chi connectivity index (χ2v) is 11.1. The van der Waals surface area contributed by atoms with Crippen LogP contribution < -0.4 is 24.8 Å². The predicted octanol–water partition coefficient (Wildman–Crippen LogP) is 6.84. The van der Waals surface area contributed by atoms with Crippen molar-refractivity contribution in [1.82, 2.24) is 5.32 Å². The van der Waals surface area contributed by atoms with Crippen molar-refractivity contribution >= 4 is 17.4 Å². The highest BCUT2D eigenvalue weighted by molar-refractivity contribution is 6.10. The van der Waals surface area contributed by atoms with Gasteiger partial charge in [-0.25, -0.2) is 0 Å². The van der Waals surface area contributed by atoms with Crippen LogP contribution in [0, 0.1) is 0 Å². The number of benzene rings is 3. The molecular formula is C35H38N2O5. The first-order valence-electron chi connectivity index (χ1n) is 14.3. The minimum atomic E-state index is -0.504. The van der Waals surface area contributed by atoms with Crippen LogP contribution in [0.2, 0.25) is 0 Å². The number of Topliss-reactive ketones (excluding diaryl/α,β-unsaturated/α-hetero) is 1. The summed E-state index contributed by atoms with van der Waals surface area (Å²) < 4.78 is 16.4. The molecule has 0 aromatic heterocycles. The van der Waals surface area contributed by atoms with Crippen molar-refractivity contribution in [3.05, 3.63) is 106 Å². The van der Waals surface area contributed by atoms with E-state index in [1.54, 1.807) is 33.5 Å². The lowest BCUT2D eigenvalue weighted by Gasteiger charge is -2.37. The molecular weight excluding hydrogens is 528 g/mol. The quantitative estimate of drug-likeness (QED) is 0.311. The van der Waals surface area contributed by atoms with Gasteiger partial charge >= 0.3 is 0 Å². The molecule has 5 rings (SSSR count). The molecule has 0 radical (unpaired) electrons. The first-order chi connectivity index (χ1) is 20.2. The Balaban J connectivity index is 1.56. The van der Waals surface area contributed by atoms with Gasteiger partial charge in [-0.05, 0) is 66.1 Å². The van der Waals surface area contributed by atoms with E-state index in [0.717, 1.165) is 22.5 Å². The van der Waals surface area contributed by atoms with Crippen molar-refractivity contribution in [2.75, 3.05) is 26.6 Å². The average Bonchev–Trinajstić information content (AvgIpc) is 3.00. The fourth-order valence-electron chi connectivity index (χ4n) is 6.03. The number of dihydropyridines is 1. The molecule has 2 N–H and O–H groups in total. The summed E-state index contributed by atoms with van der Waals surface area (Å²) in [5, 5.41) is 6.50. The Labute approximate surface area is 247 Å². The zero-order valence-electron chi connectivity index (χ0n) is 25.0. The number of hydrogen-bond acceptors (Lipinski definition) is 6. The van der Waals surface area contributed by atoms with Crippen LogP contribution in [0.25, 0.3) is 0 Å². The van der Waals surface area contributed by atoms with E-state index in [4.69, 9.17) is 14.2 Å². The van der Waals surface area contributed by atoms with E-state index >= 15 is 0 Å². The molecule has 1 heterocycles. The molecule has 0 saturated heterocycles. The summed E-state index contributed by atoms with van der Waals surface area (Å²) in [7, 11) is 4.79. The number of rotatable bonds is 8. The molecule has 1 aliphatic carbocycles. The number of allylic oxidation sites excluding steroid dienone is 3. The number of amides is 1. The number of anilines is 1. The second kappa shape index (κ2) is 12.1. The van der Waals surface area contributed by atoms with Gasteiger partial charge in [0.15, 0.2) is 17.3 Å². The summed E-state index contributed by atoms with van der Waals surface area (Å²) in [6.07, 6.45) is 0.965. The Kier molecular flexibility index (Phi) is 8.39. The molecule has 7 heteroatoms. The van der Waals surface area contributed by atoms with E-state index in [1.807, 2.05) is 49.4 Å². The third-order valence-electron chi connectivity index (χ3n) is 8.24. The normalized spacial score (nSPS) is 18.4. The van der Waals surface area contributed by atoms with Gasteiger partial charge in [0.25, 0.3) is 5.91 Å². The fraction of sp³-hybridized carbons (Fsp3) is 0.314. The Bertz CT molecular complexity index is 1570. The summed E-state index contributed by atoms with van der Waals surface area (Å²) in [6.45, 7) is 6.20. The maximum atomic E-state index is 14.1. The number of nitrogens with one attached hydrogen (secondary N) is 2. The summed E-state index contributed by atoms with van der Waals surface area (Å²) in [5.41, 5.74) is 6.45. The van der Waals surface area contributed by atoms with Crippen LogP contribution >= 0.6 is 0 Å². The lowest BCUT2D eigenvalue weighted by Crippen LogP contribution is -2.37. The van der Waals surface area contributed by atoms with Crippen molar-refractivity contribution in [3.8, 4) is 17.2 Å². The van der Waals surface area contributed by atoms with E-state index in [2.05, 4.69) is 36.6 Å². The van der Waals surface area contributed by atoms with Crippen molar-refractivity contribution in [3.63, 3.8) is 0 Å². The van der Waals surface area contributed by atoms with E-state index in [1.165, 1.54) is 5.56 Å². The average molecular weight is 567 g/mol. The molecule has 42 heavy (non-hydrogen) atoms. The van der Waals surface area contributed by atoms with E-state index in [-0.39, 0.29) is 17.6 Å². The van der Waals surface area contributed by atoms with Gasteiger partial charge < -0.3 is 24.8 Å². The van der Waals surface area contributed by atoms with Gasteiger partial charge in [0, 0.05) is 34.9 Å². The van der Waals surface area contributed by atoms with Gasteiger partial charge in [0.1, 0.15) is 5.75 Å². The number of ether oxygens (including phenoxy) is 3. The second-order valence-electron chi connectivity index (χ2n) is 11.1. The van der Waals surface area contributed by atoms with Crippen LogP contribution in [0.3, 0.4) is 0 Å². The number of ketones is 1. The van der Waals surface area contributed by atoms with E-state index < -0.39 is 5.92 Å². The largest absolute Gasteiger partial charge is 0.495 e. The molecule has 0 bridgehead atoms. The topological polar surface area (TPSA) is 85.9 Å². The van der Waals surface area contributed by atoms with Crippen LogP contribution in [0.4, 0.5) is 5.69 Å². The summed E-state index contributed by atoms with van der Waals surface area (Å²) in [4.78, 5) is 28.0. The van der Waals surface area contributed by atoms with Crippen LogP contribution in [0.5, 0.6) is 17.2 Å². The van der Waals surface area contributed by atoms with Crippen molar-refractivity contribution in [2.24, 2.45) is 0 Å².